The molecule has 20 heavy (non-hydrogen) atoms. The summed E-state index contributed by atoms with van der Waals surface area (Å²) in [6, 6.07) is 11.0. The van der Waals surface area contributed by atoms with E-state index >= 15 is 0 Å². The van der Waals surface area contributed by atoms with E-state index in [1.807, 2.05) is 0 Å². The van der Waals surface area contributed by atoms with E-state index in [2.05, 4.69) is 15.9 Å². The van der Waals surface area contributed by atoms with E-state index in [1.54, 1.807) is 24.3 Å². The highest BCUT2D eigenvalue weighted by Gasteiger charge is 2.11. The van der Waals surface area contributed by atoms with Gasteiger partial charge in [-0.15, -0.1) is 11.8 Å². The minimum Gasteiger partial charge on any atom is -0.392 e. The standard InChI is InChI=1S/C15H13BrF2OS/c16-15-10(3-1-6-14(15)18)7-12(19)9-20-13-5-2-4-11(17)8-13/h1-6,8,12,19H,7,9H2. The van der Waals surface area contributed by atoms with E-state index in [0.29, 0.717) is 16.6 Å². The molecule has 0 radical (unpaired) electrons. The van der Waals surface area contributed by atoms with Crippen molar-refractivity contribution >= 4 is 27.7 Å². The summed E-state index contributed by atoms with van der Waals surface area (Å²) in [5.41, 5.74) is 0.720. The van der Waals surface area contributed by atoms with E-state index in [9.17, 15) is 13.9 Å². The Kier molecular flexibility index (Phi) is 5.57. The Balaban J connectivity index is 1.92. The number of hydrogen-bond donors (Lipinski definition) is 1. The van der Waals surface area contributed by atoms with Gasteiger partial charge in [-0.2, -0.15) is 0 Å². The van der Waals surface area contributed by atoms with Crippen LogP contribution in [-0.4, -0.2) is 17.0 Å². The van der Waals surface area contributed by atoms with Crippen LogP contribution in [0, 0.1) is 11.6 Å². The van der Waals surface area contributed by atoms with Gasteiger partial charge in [-0.25, -0.2) is 8.78 Å². The molecule has 0 amide bonds. The molecule has 0 aliphatic heterocycles. The average molecular weight is 359 g/mol. The van der Waals surface area contributed by atoms with Gasteiger partial charge in [-0.3, -0.25) is 0 Å². The lowest BCUT2D eigenvalue weighted by Gasteiger charge is -2.12. The third kappa shape index (κ3) is 4.30. The summed E-state index contributed by atoms with van der Waals surface area (Å²) >= 11 is 4.54. The molecule has 0 aliphatic rings. The number of hydrogen-bond acceptors (Lipinski definition) is 2. The Morgan fingerprint density at radius 3 is 2.65 bits per heavy atom. The summed E-state index contributed by atoms with van der Waals surface area (Å²) in [4.78, 5) is 0.766. The molecule has 1 atom stereocenters. The fraction of sp³-hybridized carbons (Fsp3) is 0.200. The van der Waals surface area contributed by atoms with Crippen LogP contribution < -0.4 is 0 Å². The molecule has 1 N–H and O–H groups in total. The maximum absolute atomic E-state index is 13.3. The van der Waals surface area contributed by atoms with E-state index in [0.717, 1.165) is 10.5 Å². The molecular formula is C15H13BrF2OS. The number of aliphatic hydroxyl groups is 1. The van der Waals surface area contributed by atoms with Gasteiger partial charge >= 0.3 is 0 Å². The molecule has 0 saturated heterocycles. The van der Waals surface area contributed by atoms with Crippen molar-refractivity contribution in [3.8, 4) is 0 Å². The van der Waals surface area contributed by atoms with Gasteiger partial charge in [0.05, 0.1) is 10.6 Å². The molecular weight excluding hydrogens is 346 g/mol. The van der Waals surface area contributed by atoms with E-state index in [1.165, 1.54) is 30.0 Å². The predicted molar refractivity (Wildman–Crippen MR) is 80.9 cm³/mol. The second-order valence-corrected chi connectivity index (χ2v) is 6.23. The molecule has 1 unspecified atom stereocenters. The van der Waals surface area contributed by atoms with Crippen LogP contribution in [-0.2, 0) is 6.42 Å². The van der Waals surface area contributed by atoms with Crippen molar-refractivity contribution < 1.29 is 13.9 Å². The Hall–Kier alpha value is -0.910. The molecule has 0 aliphatic carbocycles. The zero-order chi connectivity index (χ0) is 14.5. The zero-order valence-corrected chi connectivity index (χ0v) is 12.9. The van der Waals surface area contributed by atoms with Crippen molar-refractivity contribution in [2.24, 2.45) is 0 Å². The minimum atomic E-state index is -0.624. The molecule has 2 aromatic rings. The van der Waals surface area contributed by atoms with E-state index < -0.39 is 6.10 Å². The van der Waals surface area contributed by atoms with Crippen LogP contribution in [0.4, 0.5) is 8.78 Å². The monoisotopic (exact) mass is 358 g/mol. The molecule has 0 spiro atoms. The van der Waals surface area contributed by atoms with Crippen LogP contribution in [0.3, 0.4) is 0 Å². The zero-order valence-electron chi connectivity index (χ0n) is 10.5. The SMILES string of the molecule is OC(CSc1cccc(F)c1)Cc1cccc(F)c1Br. The first-order valence-electron chi connectivity index (χ1n) is 6.05. The van der Waals surface area contributed by atoms with Crippen LogP contribution in [0.2, 0.25) is 0 Å². The van der Waals surface area contributed by atoms with E-state index in [4.69, 9.17) is 0 Å². The molecule has 0 bridgehead atoms. The van der Waals surface area contributed by atoms with Gasteiger partial charge in [0.1, 0.15) is 11.6 Å². The van der Waals surface area contributed by atoms with Gasteiger partial charge in [-0.05, 0) is 45.8 Å². The van der Waals surface area contributed by atoms with Crippen LogP contribution >= 0.6 is 27.7 Å². The molecule has 0 saturated carbocycles. The molecule has 2 aromatic carbocycles. The maximum Gasteiger partial charge on any atom is 0.137 e. The molecule has 2 rings (SSSR count). The third-order valence-electron chi connectivity index (χ3n) is 2.73. The minimum absolute atomic E-state index is 0.294. The molecule has 0 fully saturated rings. The normalized spacial score (nSPS) is 12.4. The fourth-order valence-electron chi connectivity index (χ4n) is 1.77. The predicted octanol–water partition coefficient (Wildman–Crippen LogP) is 4.42. The third-order valence-corrected chi connectivity index (χ3v) is 4.75. The first-order valence-corrected chi connectivity index (χ1v) is 7.83. The number of benzene rings is 2. The fourth-order valence-corrected chi connectivity index (χ4v) is 3.07. The first kappa shape index (κ1) is 15.5. The summed E-state index contributed by atoms with van der Waals surface area (Å²) in [6.45, 7) is 0. The van der Waals surface area contributed by atoms with Crippen molar-refractivity contribution in [1.82, 2.24) is 0 Å². The lowest BCUT2D eigenvalue weighted by Crippen LogP contribution is -2.14. The molecule has 1 nitrogen and oxygen atoms in total. The topological polar surface area (TPSA) is 20.2 Å². The quantitative estimate of drug-likeness (QED) is 0.798. The Bertz CT molecular complexity index is 592. The summed E-state index contributed by atoms with van der Waals surface area (Å²) in [5.74, 6) is -0.211. The lowest BCUT2D eigenvalue weighted by molar-refractivity contribution is 0.200. The van der Waals surface area contributed by atoms with Crippen molar-refractivity contribution in [2.45, 2.75) is 17.4 Å². The summed E-state index contributed by atoms with van der Waals surface area (Å²) < 4.78 is 26.7. The highest BCUT2D eigenvalue weighted by atomic mass is 79.9. The van der Waals surface area contributed by atoms with Gasteiger partial charge < -0.3 is 5.11 Å². The summed E-state index contributed by atoms with van der Waals surface area (Å²) in [7, 11) is 0. The molecule has 106 valence electrons. The second kappa shape index (κ2) is 7.20. The van der Waals surface area contributed by atoms with Crippen LogP contribution in [0.5, 0.6) is 0 Å². The highest BCUT2D eigenvalue weighted by molar-refractivity contribution is 9.10. The Morgan fingerprint density at radius 2 is 1.90 bits per heavy atom. The second-order valence-electron chi connectivity index (χ2n) is 4.34. The van der Waals surface area contributed by atoms with E-state index in [-0.39, 0.29) is 11.6 Å². The van der Waals surface area contributed by atoms with Crippen molar-refractivity contribution in [3.63, 3.8) is 0 Å². The Morgan fingerprint density at radius 1 is 1.15 bits per heavy atom. The highest BCUT2D eigenvalue weighted by Crippen LogP contribution is 2.24. The number of halogens is 3. The van der Waals surface area contributed by atoms with Crippen molar-refractivity contribution in [2.75, 3.05) is 5.75 Å². The van der Waals surface area contributed by atoms with Crippen molar-refractivity contribution in [1.29, 1.82) is 0 Å². The maximum atomic E-state index is 13.3. The first-order chi connectivity index (χ1) is 9.56. The smallest absolute Gasteiger partial charge is 0.137 e. The molecule has 5 heteroatoms. The average Bonchev–Trinajstić information content (AvgIpc) is 2.42. The van der Waals surface area contributed by atoms with Gasteiger partial charge in [-0.1, -0.05) is 18.2 Å². The van der Waals surface area contributed by atoms with Crippen LogP contribution in [0.1, 0.15) is 5.56 Å². The van der Waals surface area contributed by atoms with Crippen LogP contribution in [0.15, 0.2) is 51.8 Å². The molecule has 0 heterocycles. The summed E-state index contributed by atoms with van der Waals surface area (Å²) in [6.07, 6.45) is -0.276. The number of aliphatic hydroxyl groups excluding tert-OH is 1. The number of rotatable bonds is 5. The Labute approximate surface area is 129 Å². The van der Waals surface area contributed by atoms with Gasteiger partial charge in [0.25, 0.3) is 0 Å². The summed E-state index contributed by atoms with van der Waals surface area (Å²) in [5, 5.41) is 9.99. The molecule has 0 aromatic heterocycles. The lowest BCUT2D eigenvalue weighted by atomic mass is 10.1. The number of thioether (sulfide) groups is 1. The van der Waals surface area contributed by atoms with Crippen LogP contribution in [0.25, 0.3) is 0 Å². The largest absolute Gasteiger partial charge is 0.392 e. The van der Waals surface area contributed by atoms with Gasteiger partial charge in [0.2, 0.25) is 0 Å². The van der Waals surface area contributed by atoms with Gasteiger partial charge in [0, 0.05) is 17.1 Å². The van der Waals surface area contributed by atoms with Gasteiger partial charge in [0.15, 0.2) is 0 Å². The van der Waals surface area contributed by atoms with Crippen molar-refractivity contribution in [3.05, 3.63) is 64.1 Å².